The molecule has 74 valence electrons. The van der Waals surface area contributed by atoms with Gasteiger partial charge in [0.1, 0.15) is 0 Å². The van der Waals surface area contributed by atoms with Gasteiger partial charge in [-0.25, -0.2) is 0 Å². The fraction of sp³-hybridized carbons (Fsp3) is 0.700. The van der Waals surface area contributed by atoms with Crippen LogP contribution in [0.5, 0.6) is 0 Å². The summed E-state index contributed by atoms with van der Waals surface area (Å²) in [6.45, 7) is 7.58. The summed E-state index contributed by atoms with van der Waals surface area (Å²) in [7, 11) is 0. The van der Waals surface area contributed by atoms with Crippen LogP contribution in [0.1, 0.15) is 26.2 Å². The van der Waals surface area contributed by atoms with Gasteiger partial charge >= 0.3 is 5.97 Å². The molecular formula is C10H17NO2. The molecule has 0 aliphatic carbocycles. The summed E-state index contributed by atoms with van der Waals surface area (Å²) in [5, 5.41) is 8.85. The Balaban J connectivity index is 2.51. The Bertz CT molecular complexity index is 213. The number of carboxylic acid groups (broad SMARTS) is 1. The van der Waals surface area contributed by atoms with Crippen LogP contribution in [-0.4, -0.2) is 29.1 Å². The molecule has 1 fully saturated rings. The van der Waals surface area contributed by atoms with Crippen LogP contribution in [0, 0.1) is 5.92 Å². The van der Waals surface area contributed by atoms with E-state index in [1.165, 1.54) is 0 Å². The lowest BCUT2D eigenvalue weighted by Crippen LogP contribution is -2.37. The largest absolute Gasteiger partial charge is 0.481 e. The Morgan fingerprint density at radius 3 is 2.92 bits per heavy atom. The number of nitrogens with zero attached hydrogens (tertiary/aromatic N) is 1. The zero-order valence-corrected chi connectivity index (χ0v) is 8.12. The molecule has 0 amide bonds. The van der Waals surface area contributed by atoms with Crippen LogP contribution in [0.3, 0.4) is 0 Å². The molecule has 1 unspecified atom stereocenters. The van der Waals surface area contributed by atoms with Crippen molar-refractivity contribution >= 4 is 5.97 Å². The van der Waals surface area contributed by atoms with Crippen molar-refractivity contribution in [2.24, 2.45) is 5.92 Å². The molecule has 0 radical (unpaired) electrons. The Hall–Kier alpha value is -0.990. The van der Waals surface area contributed by atoms with Crippen molar-refractivity contribution in [3.63, 3.8) is 0 Å². The second-order valence-electron chi connectivity index (χ2n) is 3.54. The van der Waals surface area contributed by atoms with E-state index in [0.29, 0.717) is 6.54 Å². The summed E-state index contributed by atoms with van der Waals surface area (Å²) in [4.78, 5) is 12.9. The van der Waals surface area contributed by atoms with Gasteiger partial charge in [-0.2, -0.15) is 0 Å². The quantitative estimate of drug-likeness (QED) is 0.724. The highest BCUT2D eigenvalue weighted by atomic mass is 16.4. The van der Waals surface area contributed by atoms with Gasteiger partial charge in [-0.15, -0.1) is 0 Å². The maximum Gasteiger partial charge on any atom is 0.308 e. The summed E-state index contributed by atoms with van der Waals surface area (Å²) < 4.78 is 0. The minimum atomic E-state index is -0.673. The molecule has 0 spiro atoms. The van der Waals surface area contributed by atoms with Crippen molar-refractivity contribution < 1.29 is 9.90 Å². The van der Waals surface area contributed by atoms with E-state index in [4.69, 9.17) is 5.11 Å². The van der Waals surface area contributed by atoms with Crippen LogP contribution in [0.2, 0.25) is 0 Å². The van der Waals surface area contributed by atoms with Crippen LogP contribution in [-0.2, 0) is 4.79 Å². The number of aliphatic carboxylic acids is 1. The summed E-state index contributed by atoms with van der Waals surface area (Å²) in [6.07, 6.45) is 2.69. The predicted molar refractivity (Wildman–Crippen MR) is 51.4 cm³/mol. The van der Waals surface area contributed by atoms with Gasteiger partial charge in [0.2, 0.25) is 0 Å². The number of likely N-dealkylation sites (tertiary alicyclic amines) is 1. The number of hydrogen-bond acceptors (Lipinski definition) is 2. The van der Waals surface area contributed by atoms with Gasteiger partial charge in [-0.05, 0) is 19.3 Å². The molecule has 0 aromatic heterocycles. The van der Waals surface area contributed by atoms with Crippen molar-refractivity contribution in [1.82, 2.24) is 4.90 Å². The highest BCUT2D eigenvalue weighted by Gasteiger charge is 2.25. The number of carboxylic acids is 1. The number of hydrogen-bond donors (Lipinski definition) is 1. The normalized spacial score (nSPS) is 22.8. The minimum absolute atomic E-state index is 0.197. The van der Waals surface area contributed by atoms with Crippen molar-refractivity contribution in [3.8, 4) is 0 Å². The Kier molecular flexibility index (Phi) is 3.34. The molecule has 1 rings (SSSR count). The van der Waals surface area contributed by atoms with Crippen LogP contribution >= 0.6 is 0 Å². The van der Waals surface area contributed by atoms with Gasteiger partial charge in [0.25, 0.3) is 0 Å². The average molecular weight is 183 g/mol. The molecule has 1 aliphatic heterocycles. The third kappa shape index (κ3) is 2.47. The Morgan fingerprint density at radius 1 is 1.69 bits per heavy atom. The number of carbonyl (C=O) groups is 1. The van der Waals surface area contributed by atoms with Crippen LogP contribution in [0.25, 0.3) is 0 Å². The van der Waals surface area contributed by atoms with Crippen molar-refractivity contribution in [1.29, 1.82) is 0 Å². The molecule has 1 saturated heterocycles. The predicted octanol–water partition coefficient (Wildman–Crippen LogP) is 1.71. The first-order valence-corrected chi connectivity index (χ1v) is 4.80. The summed E-state index contributed by atoms with van der Waals surface area (Å²) in [5.41, 5.74) is 1.06. The topological polar surface area (TPSA) is 40.5 Å². The molecule has 1 heterocycles. The van der Waals surface area contributed by atoms with Gasteiger partial charge in [-0.3, -0.25) is 4.79 Å². The molecule has 1 N–H and O–H groups in total. The first kappa shape index (κ1) is 10.1. The van der Waals surface area contributed by atoms with Gasteiger partial charge in [0.05, 0.1) is 5.92 Å². The fourth-order valence-corrected chi connectivity index (χ4v) is 1.69. The maximum atomic E-state index is 10.8. The Morgan fingerprint density at radius 2 is 2.38 bits per heavy atom. The molecule has 0 bridgehead atoms. The standard InChI is InChI=1S/C10H17NO2/c1-3-8(2)11-6-4-5-9(7-11)10(12)13/h9H,2-7H2,1H3,(H,12,13). The summed E-state index contributed by atoms with van der Waals surface area (Å²) in [6, 6.07) is 0. The zero-order valence-electron chi connectivity index (χ0n) is 8.12. The second-order valence-corrected chi connectivity index (χ2v) is 3.54. The second kappa shape index (κ2) is 4.30. The smallest absolute Gasteiger partial charge is 0.308 e. The van der Waals surface area contributed by atoms with E-state index in [2.05, 4.69) is 11.5 Å². The van der Waals surface area contributed by atoms with E-state index < -0.39 is 5.97 Å². The average Bonchev–Trinajstić information content (AvgIpc) is 2.17. The number of piperidine rings is 1. The molecule has 13 heavy (non-hydrogen) atoms. The third-order valence-electron chi connectivity index (χ3n) is 2.63. The van der Waals surface area contributed by atoms with Crippen LogP contribution < -0.4 is 0 Å². The molecule has 1 atom stereocenters. The van der Waals surface area contributed by atoms with E-state index in [1.807, 2.05) is 6.92 Å². The van der Waals surface area contributed by atoms with Crippen molar-refractivity contribution in [2.75, 3.05) is 13.1 Å². The highest BCUT2D eigenvalue weighted by molar-refractivity contribution is 5.70. The lowest BCUT2D eigenvalue weighted by atomic mass is 9.98. The zero-order chi connectivity index (χ0) is 9.84. The number of allylic oxidation sites excluding steroid dienone is 1. The lowest BCUT2D eigenvalue weighted by Gasteiger charge is -2.33. The third-order valence-corrected chi connectivity index (χ3v) is 2.63. The monoisotopic (exact) mass is 183 g/mol. The molecular weight excluding hydrogens is 166 g/mol. The van der Waals surface area contributed by atoms with Crippen molar-refractivity contribution in [2.45, 2.75) is 26.2 Å². The molecule has 0 aromatic carbocycles. The van der Waals surface area contributed by atoms with Crippen LogP contribution in [0.4, 0.5) is 0 Å². The lowest BCUT2D eigenvalue weighted by molar-refractivity contribution is -0.143. The molecule has 3 nitrogen and oxygen atoms in total. The highest BCUT2D eigenvalue weighted by Crippen LogP contribution is 2.20. The molecule has 0 aromatic rings. The summed E-state index contributed by atoms with van der Waals surface area (Å²) in [5.74, 6) is -0.870. The SMILES string of the molecule is C=C(CC)N1CCCC(C(=O)O)C1. The van der Waals surface area contributed by atoms with E-state index in [1.54, 1.807) is 0 Å². The molecule has 0 saturated carbocycles. The van der Waals surface area contributed by atoms with E-state index in [9.17, 15) is 4.79 Å². The van der Waals surface area contributed by atoms with Gasteiger partial charge in [0.15, 0.2) is 0 Å². The minimum Gasteiger partial charge on any atom is -0.481 e. The van der Waals surface area contributed by atoms with E-state index in [0.717, 1.165) is 31.5 Å². The van der Waals surface area contributed by atoms with Gasteiger partial charge in [-0.1, -0.05) is 13.5 Å². The molecule has 1 aliphatic rings. The summed E-state index contributed by atoms with van der Waals surface area (Å²) >= 11 is 0. The molecule has 3 heteroatoms. The van der Waals surface area contributed by atoms with Crippen LogP contribution in [0.15, 0.2) is 12.3 Å². The van der Waals surface area contributed by atoms with Gasteiger partial charge in [0, 0.05) is 18.8 Å². The number of rotatable bonds is 3. The fourth-order valence-electron chi connectivity index (χ4n) is 1.69. The van der Waals surface area contributed by atoms with Gasteiger partial charge < -0.3 is 10.0 Å². The van der Waals surface area contributed by atoms with Crippen molar-refractivity contribution in [3.05, 3.63) is 12.3 Å². The van der Waals surface area contributed by atoms with E-state index in [-0.39, 0.29) is 5.92 Å². The maximum absolute atomic E-state index is 10.8. The first-order chi connectivity index (χ1) is 6.15. The first-order valence-electron chi connectivity index (χ1n) is 4.80. The van der Waals surface area contributed by atoms with E-state index >= 15 is 0 Å². The Labute approximate surface area is 79.0 Å².